The third-order valence-corrected chi connectivity index (χ3v) is 4.61. The van der Waals surface area contributed by atoms with Gasteiger partial charge >= 0.3 is 5.97 Å². The van der Waals surface area contributed by atoms with Crippen LogP contribution in [0.4, 0.5) is 0 Å². The van der Waals surface area contributed by atoms with Gasteiger partial charge < -0.3 is 14.6 Å². The van der Waals surface area contributed by atoms with E-state index in [4.69, 9.17) is 9.47 Å². The molecule has 0 amide bonds. The summed E-state index contributed by atoms with van der Waals surface area (Å²) in [7, 11) is 0. The average molecular weight is 371 g/mol. The molecule has 0 atom stereocenters. The van der Waals surface area contributed by atoms with Crippen molar-refractivity contribution >= 4 is 21.9 Å². The molecule has 5 heteroatoms. The largest absolute Gasteiger partial charge is 0.490 e. The van der Waals surface area contributed by atoms with Crippen molar-refractivity contribution in [1.82, 2.24) is 0 Å². The summed E-state index contributed by atoms with van der Waals surface area (Å²) in [5.41, 5.74) is 1.19. The third kappa shape index (κ3) is 3.40. The van der Waals surface area contributed by atoms with Crippen molar-refractivity contribution < 1.29 is 19.4 Å². The van der Waals surface area contributed by atoms with E-state index in [1.807, 2.05) is 6.07 Å². The van der Waals surface area contributed by atoms with Gasteiger partial charge in [-0.15, -0.1) is 0 Å². The molecule has 1 aliphatic rings. The number of fused-ring (bicyclic) bond motifs is 1. The highest BCUT2D eigenvalue weighted by atomic mass is 79.9. The number of benzene rings is 1. The maximum absolute atomic E-state index is 11.5. The number of ether oxygens (including phenoxy) is 2. The number of halogens is 1. The first-order valence-corrected chi connectivity index (χ1v) is 8.37. The Hall–Kier alpha value is -1.23. The standard InChI is InChI=1S/C17H23BrO4/c1-10(2)14-11(9-17(3,4)16(19)20)12(18)8-13-15(14)22-7-5-6-21-13/h8,10H,5-7,9H2,1-4H3,(H,19,20). The van der Waals surface area contributed by atoms with Crippen LogP contribution < -0.4 is 9.47 Å². The minimum atomic E-state index is -0.841. The second-order valence-corrected chi connectivity index (χ2v) is 7.50. The second-order valence-electron chi connectivity index (χ2n) is 6.65. The highest BCUT2D eigenvalue weighted by molar-refractivity contribution is 9.10. The van der Waals surface area contributed by atoms with Crippen molar-refractivity contribution in [3.63, 3.8) is 0 Å². The van der Waals surface area contributed by atoms with E-state index >= 15 is 0 Å². The van der Waals surface area contributed by atoms with Crippen LogP contribution in [0, 0.1) is 5.41 Å². The predicted octanol–water partition coefficient (Wildman–Crippen LogP) is 4.39. The smallest absolute Gasteiger partial charge is 0.309 e. The number of carboxylic acid groups (broad SMARTS) is 1. The molecule has 0 saturated carbocycles. The van der Waals surface area contributed by atoms with Crippen LogP contribution in [-0.4, -0.2) is 24.3 Å². The molecular weight excluding hydrogens is 348 g/mol. The molecule has 1 aromatic rings. The summed E-state index contributed by atoms with van der Waals surface area (Å²) in [5.74, 6) is 0.922. The van der Waals surface area contributed by atoms with Gasteiger partial charge in [0, 0.05) is 16.5 Å². The van der Waals surface area contributed by atoms with E-state index in [2.05, 4.69) is 29.8 Å². The van der Waals surface area contributed by atoms with E-state index in [1.165, 1.54) is 0 Å². The molecule has 0 spiro atoms. The average Bonchev–Trinajstić information content (AvgIpc) is 2.63. The molecule has 0 fully saturated rings. The molecule has 1 aromatic carbocycles. The fourth-order valence-electron chi connectivity index (χ4n) is 2.65. The van der Waals surface area contributed by atoms with Crippen LogP contribution in [0.15, 0.2) is 10.5 Å². The number of carboxylic acids is 1. The van der Waals surface area contributed by atoms with E-state index in [0.717, 1.165) is 33.5 Å². The summed E-state index contributed by atoms with van der Waals surface area (Å²) < 4.78 is 12.6. The number of hydrogen-bond donors (Lipinski definition) is 1. The zero-order valence-corrected chi connectivity index (χ0v) is 15.1. The maximum Gasteiger partial charge on any atom is 0.309 e. The molecule has 22 heavy (non-hydrogen) atoms. The monoisotopic (exact) mass is 370 g/mol. The normalized spacial score (nSPS) is 14.8. The fourth-order valence-corrected chi connectivity index (χ4v) is 3.21. The molecular formula is C17H23BrO4. The molecule has 0 aromatic heterocycles. The number of aliphatic carboxylic acids is 1. The summed E-state index contributed by atoms with van der Waals surface area (Å²) in [5, 5.41) is 9.44. The van der Waals surface area contributed by atoms with Gasteiger partial charge in [-0.3, -0.25) is 4.79 Å². The molecule has 1 N–H and O–H groups in total. The van der Waals surface area contributed by atoms with Crippen molar-refractivity contribution in [1.29, 1.82) is 0 Å². The lowest BCUT2D eigenvalue weighted by Gasteiger charge is -2.26. The van der Waals surface area contributed by atoms with Gasteiger partial charge in [0.1, 0.15) is 0 Å². The molecule has 0 bridgehead atoms. The van der Waals surface area contributed by atoms with Crippen molar-refractivity contribution in [2.24, 2.45) is 5.41 Å². The van der Waals surface area contributed by atoms with Crippen LogP contribution in [0.2, 0.25) is 0 Å². The summed E-state index contributed by atoms with van der Waals surface area (Å²) in [6.45, 7) is 8.93. The summed E-state index contributed by atoms with van der Waals surface area (Å²) in [6.07, 6.45) is 1.28. The molecule has 0 radical (unpaired) electrons. The molecule has 1 aliphatic heterocycles. The quantitative estimate of drug-likeness (QED) is 0.853. The maximum atomic E-state index is 11.5. The Balaban J connectivity index is 2.58. The SMILES string of the molecule is CC(C)c1c(CC(C)(C)C(=O)O)c(Br)cc2c1OCCCO2. The third-order valence-electron chi connectivity index (χ3n) is 3.91. The van der Waals surface area contributed by atoms with Crippen molar-refractivity contribution in [2.75, 3.05) is 13.2 Å². The minimum absolute atomic E-state index is 0.215. The first-order chi connectivity index (χ1) is 10.2. The Labute approximate surface area is 139 Å². The predicted molar refractivity (Wildman–Crippen MR) is 89.0 cm³/mol. The number of carbonyl (C=O) groups is 1. The Morgan fingerprint density at radius 2 is 2.00 bits per heavy atom. The highest BCUT2D eigenvalue weighted by Crippen LogP contribution is 2.45. The highest BCUT2D eigenvalue weighted by Gasteiger charge is 2.32. The molecule has 4 nitrogen and oxygen atoms in total. The van der Waals surface area contributed by atoms with E-state index < -0.39 is 11.4 Å². The van der Waals surface area contributed by atoms with Crippen LogP contribution >= 0.6 is 15.9 Å². The first kappa shape index (κ1) is 17.1. The van der Waals surface area contributed by atoms with E-state index in [1.54, 1.807) is 13.8 Å². The fraction of sp³-hybridized carbons (Fsp3) is 0.588. The zero-order valence-electron chi connectivity index (χ0n) is 13.5. The number of hydrogen-bond acceptors (Lipinski definition) is 3. The molecule has 1 heterocycles. The molecule has 122 valence electrons. The molecule has 2 rings (SSSR count). The lowest BCUT2D eigenvalue weighted by Crippen LogP contribution is -2.27. The Kier molecular flexibility index (Phi) is 5.05. The Bertz CT molecular complexity index is 579. The van der Waals surface area contributed by atoms with E-state index in [9.17, 15) is 9.90 Å². The van der Waals surface area contributed by atoms with Crippen LogP contribution in [0.5, 0.6) is 11.5 Å². The van der Waals surface area contributed by atoms with Gasteiger partial charge in [0.25, 0.3) is 0 Å². The summed E-state index contributed by atoms with van der Waals surface area (Å²) >= 11 is 3.59. The van der Waals surface area contributed by atoms with Crippen LogP contribution in [0.25, 0.3) is 0 Å². The molecule has 0 unspecified atom stereocenters. The zero-order chi connectivity index (χ0) is 16.5. The van der Waals surface area contributed by atoms with Gasteiger partial charge in [-0.05, 0) is 37.8 Å². The van der Waals surface area contributed by atoms with E-state index in [-0.39, 0.29) is 5.92 Å². The lowest BCUT2D eigenvalue weighted by molar-refractivity contribution is -0.146. The van der Waals surface area contributed by atoms with Crippen molar-refractivity contribution in [3.05, 3.63) is 21.7 Å². The first-order valence-electron chi connectivity index (χ1n) is 7.58. The number of rotatable bonds is 4. The van der Waals surface area contributed by atoms with Gasteiger partial charge in [-0.25, -0.2) is 0 Å². The second kappa shape index (κ2) is 6.49. The van der Waals surface area contributed by atoms with Crippen LogP contribution in [-0.2, 0) is 11.2 Å². The minimum Gasteiger partial charge on any atom is -0.490 e. The topological polar surface area (TPSA) is 55.8 Å². The van der Waals surface area contributed by atoms with E-state index in [0.29, 0.717) is 19.6 Å². The van der Waals surface area contributed by atoms with Crippen molar-refractivity contribution in [2.45, 2.75) is 46.5 Å². The summed E-state index contributed by atoms with van der Waals surface area (Å²) in [6, 6.07) is 1.90. The van der Waals surface area contributed by atoms with Crippen LogP contribution in [0.3, 0.4) is 0 Å². The van der Waals surface area contributed by atoms with Gasteiger partial charge in [0.05, 0.1) is 18.6 Å². The Morgan fingerprint density at radius 1 is 1.36 bits per heavy atom. The molecule has 0 aliphatic carbocycles. The lowest BCUT2D eigenvalue weighted by atomic mass is 9.82. The van der Waals surface area contributed by atoms with Gasteiger partial charge in [0.15, 0.2) is 11.5 Å². The Morgan fingerprint density at radius 3 is 2.59 bits per heavy atom. The summed E-state index contributed by atoms with van der Waals surface area (Å²) in [4.78, 5) is 11.5. The van der Waals surface area contributed by atoms with Gasteiger partial charge in [-0.2, -0.15) is 0 Å². The van der Waals surface area contributed by atoms with Gasteiger partial charge in [-0.1, -0.05) is 29.8 Å². The van der Waals surface area contributed by atoms with Crippen molar-refractivity contribution in [3.8, 4) is 11.5 Å². The van der Waals surface area contributed by atoms with Crippen LogP contribution in [0.1, 0.15) is 51.2 Å². The molecule has 0 saturated heterocycles. The van der Waals surface area contributed by atoms with Gasteiger partial charge in [0.2, 0.25) is 0 Å².